The molecule has 11 amide bonds. The molecule has 5 aromatic carbocycles. The molecule has 0 aromatic heterocycles. The summed E-state index contributed by atoms with van der Waals surface area (Å²) >= 11 is 14.3. The van der Waals surface area contributed by atoms with Gasteiger partial charge in [0.25, 0.3) is 0 Å². The Bertz CT molecular complexity index is 4670. The molecule has 4 saturated carbocycles. The van der Waals surface area contributed by atoms with E-state index in [9.17, 15) is 65.1 Å². The highest BCUT2D eigenvalue weighted by Gasteiger charge is 2.51. The van der Waals surface area contributed by atoms with Gasteiger partial charge in [-0.3, -0.25) is 48.6 Å². The molecule has 6 heterocycles. The van der Waals surface area contributed by atoms with E-state index in [1.54, 1.807) is 34.6 Å². The molecule has 5 aromatic rings. The van der Waals surface area contributed by atoms with Crippen molar-refractivity contribution in [2.24, 2.45) is 29.6 Å². The van der Waals surface area contributed by atoms with Crippen molar-refractivity contribution in [1.29, 1.82) is 0 Å². The molecule has 1 saturated heterocycles. The van der Waals surface area contributed by atoms with Gasteiger partial charge in [-0.2, -0.15) is 0 Å². The number of carbonyl (C=O) groups excluding carboxylic acids is 10. The Morgan fingerprint density at radius 1 is 0.630 bits per heavy atom. The van der Waals surface area contributed by atoms with Crippen molar-refractivity contribution in [3.63, 3.8) is 0 Å². The third-order valence-corrected chi connectivity index (χ3v) is 23.4. The number of carbonyl (C=O) groups is 10. The maximum Gasteiger partial charge on any atom is 0.410 e. The van der Waals surface area contributed by atoms with Gasteiger partial charge < -0.3 is 112 Å². The summed E-state index contributed by atoms with van der Waals surface area (Å²) in [5, 5.41) is 128. The molecule has 0 radical (unpaired) electrons. The quantitative estimate of drug-likeness (QED) is 0.0417. The maximum atomic E-state index is 16.5. The minimum Gasteiger partial charge on any atom is -0.508 e. The Morgan fingerprint density at radius 3 is 1.84 bits per heavy atom. The van der Waals surface area contributed by atoms with Crippen LogP contribution < -0.4 is 62.1 Å². The van der Waals surface area contributed by atoms with E-state index in [-0.39, 0.29) is 81.6 Å². The molecular formula is C83H102Cl2N10O24. The minimum atomic E-state index is -2.41. The number of halogens is 2. The Hall–Kier alpha value is -10.3. The fraction of sp³-hybridized carbons (Fsp3) is 0.518. The van der Waals surface area contributed by atoms with Gasteiger partial charge in [0.15, 0.2) is 11.5 Å². The lowest BCUT2D eigenvalue weighted by Gasteiger charge is -2.54. The lowest BCUT2D eigenvalue weighted by atomic mass is 9.54. The van der Waals surface area contributed by atoms with Gasteiger partial charge in [0.2, 0.25) is 59.3 Å². The van der Waals surface area contributed by atoms with Crippen LogP contribution in [0.15, 0.2) is 78.9 Å². The van der Waals surface area contributed by atoms with Gasteiger partial charge in [-0.15, -0.1) is 0 Å². The molecule has 15 bridgehead atoms. The molecule has 14 atom stereocenters. The molecule has 119 heavy (non-hydrogen) atoms. The van der Waals surface area contributed by atoms with Crippen molar-refractivity contribution in [3.05, 3.63) is 117 Å². The maximum absolute atomic E-state index is 16.5. The number of fused-ring (bicyclic) bond motifs is 15. The zero-order valence-corrected chi connectivity index (χ0v) is 68.0. The van der Waals surface area contributed by atoms with Crippen molar-refractivity contribution in [3.8, 4) is 57.1 Å². The van der Waals surface area contributed by atoms with E-state index in [4.69, 9.17) is 46.9 Å². The van der Waals surface area contributed by atoms with Crippen molar-refractivity contribution in [1.82, 2.24) is 52.8 Å². The van der Waals surface area contributed by atoms with Crippen LogP contribution in [0.4, 0.5) is 9.59 Å². The zero-order chi connectivity index (χ0) is 85.9. The summed E-state index contributed by atoms with van der Waals surface area (Å²) in [6.07, 6.45) is -7.25. The van der Waals surface area contributed by atoms with E-state index < -0.39 is 213 Å². The summed E-state index contributed by atoms with van der Waals surface area (Å²) in [4.78, 5) is 153. The van der Waals surface area contributed by atoms with Crippen LogP contribution in [0.5, 0.6) is 46.0 Å². The van der Waals surface area contributed by atoms with Crippen LogP contribution in [0.3, 0.4) is 0 Å². The van der Waals surface area contributed by atoms with Gasteiger partial charge in [0.1, 0.15) is 113 Å². The number of nitrogens with one attached hydrogen (secondary N) is 9. The highest BCUT2D eigenvalue weighted by Crippen LogP contribution is 2.55. The number of aliphatic hydroxyl groups is 6. The smallest absolute Gasteiger partial charge is 0.410 e. The highest BCUT2D eigenvalue weighted by molar-refractivity contribution is 6.32. The number of ether oxygens (including phenoxy) is 5. The Kier molecular flexibility index (Phi) is 27.5. The first kappa shape index (κ1) is 88.0. The molecule has 18 N–H and O–H groups in total. The van der Waals surface area contributed by atoms with E-state index in [0.717, 1.165) is 136 Å². The van der Waals surface area contributed by atoms with E-state index >= 15 is 28.8 Å². The normalized spacial score (nSPS) is 27.4. The van der Waals surface area contributed by atoms with Crippen LogP contribution >= 0.6 is 23.2 Å². The lowest BCUT2D eigenvalue weighted by Crippen LogP contribution is -2.60. The van der Waals surface area contributed by atoms with Crippen LogP contribution in [0, 0.1) is 29.6 Å². The number of hydrogen-bond donors (Lipinski definition) is 18. The van der Waals surface area contributed by atoms with E-state index in [0.29, 0.717) is 18.3 Å². The molecular weight excluding hydrogens is 1590 g/mol. The number of urea groups is 1. The molecule has 5 fully saturated rings. The Morgan fingerprint density at radius 2 is 1.23 bits per heavy atom. The molecule has 34 nitrogen and oxygen atoms in total. The highest BCUT2D eigenvalue weighted by atomic mass is 35.5. The third-order valence-electron chi connectivity index (χ3n) is 22.8. The number of hydrogen-bond acceptors (Lipinski definition) is 24. The topological polar surface area (TPSA) is 510 Å². The fourth-order valence-corrected chi connectivity index (χ4v) is 17.4. The summed E-state index contributed by atoms with van der Waals surface area (Å²) in [5.74, 6) is -14.3. The van der Waals surface area contributed by atoms with Gasteiger partial charge in [0.05, 0.1) is 23.1 Å². The van der Waals surface area contributed by atoms with Gasteiger partial charge >= 0.3 is 12.1 Å². The predicted molar refractivity (Wildman–Crippen MR) is 425 cm³/mol. The van der Waals surface area contributed by atoms with Crippen molar-refractivity contribution in [2.75, 3.05) is 20.2 Å². The van der Waals surface area contributed by atoms with Gasteiger partial charge in [-0.05, 0) is 178 Å². The van der Waals surface area contributed by atoms with Crippen LogP contribution in [0.25, 0.3) is 11.1 Å². The monoisotopic (exact) mass is 1690 g/mol. The molecule has 642 valence electrons. The number of likely N-dealkylation sites (N-methyl/N-ethyl adjacent to an activating group) is 1. The third kappa shape index (κ3) is 20.1. The summed E-state index contributed by atoms with van der Waals surface area (Å²) in [6, 6.07) is -1.99. The van der Waals surface area contributed by atoms with Crippen LogP contribution in [-0.2, 0) is 47.8 Å². The first-order valence-electron chi connectivity index (χ1n) is 40.0. The van der Waals surface area contributed by atoms with E-state index in [1.807, 2.05) is 0 Å². The number of unbranched alkanes of at least 4 members (excludes halogenated alkanes) is 5. The Labute approximate surface area is 695 Å². The molecule has 10 aliphatic rings. The van der Waals surface area contributed by atoms with Gasteiger partial charge in [-0.25, -0.2) is 9.59 Å². The number of phenolic OH excluding ortho intramolecular Hbond substituents is 3. The molecule has 0 spiro atoms. The molecule has 6 aliphatic heterocycles. The van der Waals surface area contributed by atoms with Crippen LogP contribution in [0.1, 0.15) is 183 Å². The lowest BCUT2D eigenvalue weighted by molar-refractivity contribution is -0.277. The van der Waals surface area contributed by atoms with Crippen molar-refractivity contribution < 1.29 is 118 Å². The molecule has 36 heteroatoms. The van der Waals surface area contributed by atoms with E-state index in [1.165, 1.54) is 19.2 Å². The number of nitrogens with zero attached hydrogens (tertiary/aromatic N) is 1. The number of aliphatic hydroxyl groups excluding tert-OH is 6. The summed E-state index contributed by atoms with van der Waals surface area (Å²) in [7, 11) is 1.27. The number of benzene rings is 5. The second kappa shape index (κ2) is 37.1. The predicted octanol–water partition coefficient (Wildman–Crippen LogP) is 6.07. The standard InChI is InChI=1S/C83H102Cl2N10O24/c1-8-9-10-11-12-13-20-86-81(113)88-59(100)34-50-73(106)90-63-44-30-56(115-54-18-15-40(28-48(54)84)67(101)65(78(111)87-50)93-74(107)51(21-36(2)3)95(7)82(114)119-83(4,5)6)72(118-80-71(105)70(104)69(103)58(35-96)117-80)57(31-44)116-55-19-16-41(29-49(55)85)68(102)66-79(112)92-64(77(110)89-61-42-23-37-22-38(25-42)26-43(61)24-37)47-32-45(97)33-53(99)60(47)46-27-39(14-17-52(46)98)62(75(108)94-66)91-76(63)109/h14-19,27-33,36-38,42-43,50-51,58,61-71,80,96-99,101-105H,8-13,20-26,34-35H2,1-7H3,(H,87,111)(H,89,110)(H,90,106)(H,91,109)(H,92,112)(H,93,107)(H,94,108)(H2,86,88,100,113)/t37?,38?,42?,43?,50-,51+,58?,61?,62+,63+,64-,65+,66+,67+,68+,69?,70?,71?,80?/m0/s1. The number of rotatable bonds is 19. The first-order valence-corrected chi connectivity index (χ1v) is 40.7. The average Bonchev–Trinajstić information content (AvgIpc) is 0.759. The van der Waals surface area contributed by atoms with E-state index in [2.05, 4.69) is 54.8 Å². The second-order valence-corrected chi connectivity index (χ2v) is 34.0. The molecule has 4 aliphatic carbocycles. The van der Waals surface area contributed by atoms with Crippen molar-refractivity contribution >= 4 is 82.6 Å². The van der Waals surface area contributed by atoms with Crippen LogP contribution in [0.2, 0.25) is 10.0 Å². The minimum absolute atomic E-state index is 0.0600. The van der Waals surface area contributed by atoms with Crippen molar-refractivity contribution in [2.45, 2.75) is 222 Å². The summed E-state index contributed by atoms with van der Waals surface area (Å²) in [6.45, 7) is 9.42. The summed E-state index contributed by atoms with van der Waals surface area (Å²) < 4.78 is 31.1. The number of phenols is 3. The molecule has 15 rings (SSSR count). The van der Waals surface area contributed by atoms with Gasteiger partial charge in [-0.1, -0.05) is 94.3 Å². The van der Waals surface area contributed by atoms with Crippen LogP contribution in [-0.4, -0.2) is 197 Å². The zero-order valence-electron chi connectivity index (χ0n) is 66.5. The Balaban J connectivity index is 1.04. The number of amides is 11. The SMILES string of the molecule is CCCCCCCCNC(=O)NC(=O)C[C@@H]1NC(=O)[C@H](NC(=O)[C@@H](CC(C)C)N(C)C(=O)OC(C)(C)C)[C@H](O)c2ccc(c(Cl)c2)Oc2cc3cc(c2OC2OC(CO)C(O)C(O)C2O)Oc2ccc(cc2Cl)[C@@H](O)[C@H]2NC(=O)[C@H](NC(=O)[C@@H]3NC1=O)c1ccc(O)c(c1)-c1c(O)cc(O)cc1[C@@H](C(=O)NC1C3CC4CC(C3)CC1C4)NC2=O. The largest absolute Gasteiger partial charge is 0.508 e. The first-order chi connectivity index (χ1) is 56.4. The second-order valence-electron chi connectivity index (χ2n) is 33.2. The fourth-order valence-electron chi connectivity index (χ4n) is 17.0. The number of aromatic hydroxyl groups is 3. The summed E-state index contributed by atoms with van der Waals surface area (Å²) in [5.41, 5.74) is -3.40. The average molecular weight is 1690 g/mol. The molecule has 5 unspecified atom stereocenters. The van der Waals surface area contributed by atoms with Gasteiger partial charge in [0, 0.05) is 36.8 Å². The number of imide groups is 1.